The fourth-order valence-electron chi connectivity index (χ4n) is 7.41. The molecule has 1 unspecified atom stereocenters. The third kappa shape index (κ3) is 5.23. The number of amides is 1. The molecule has 0 saturated carbocycles. The van der Waals surface area contributed by atoms with E-state index in [-0.39, 0.29) is 42.8 Å². The van der Waals surface area contributed by atoms with Gasteiger partial charge < -0.3 is 14.5 Å². The van der Waals surface area contributed by atoms with E-state index in [2.05, 4.69) is 16.5 Å². The highest BCUT2D eigenvalue weighted by Crippen LogP contribution is 2.42. The number of aromatic nitrogens is 2. The van der Waals surface area contributed by atoms with Crippen molar-refractivity contribution in [1.82, 2.24) is 19.8 Å². The van der Waals surface area contributed by atoms with Crippen molar-refractivity contribution >= 4 is 45.0 Å². The SMILES string of the molecule is C=C(F)C(=O)N1CCN(c2nc(OC[C@@]34CCCN3C[C@H](F)C4)nc3cc(-c4cccc5ccc(F)c(Cl)c45)c(F)cc23)CC1C. The number of nitrogens with zero attached hydrogens (tertiary/aromatic N) is 5. The van der Waals surface area contributed by atoms with E-state index in [9.17, 15) is 18.0 Å². The average molecular weight is 654 g/mol. The number of carbonyl (C=O) groups is 1. The molecule has 0 aliphatic carbocycles. The van der Waals surface area contributed by atoms with Crippen LogP contribution in [-0.2, 0) is 4.79 Å². The average Bonchev–Trinajstić information content (AvgIpc) is 3.56. The Labute approximate surface area is 268 Å². The molecular weight excluding hydrogens is 622 g/mol. The minimum absolute atomic E-state index is 0.0499. The molecule has 0 spiro atoms. The van der Waals surface area contributed by atoms with Crippen LogP contribution in [0.2, 0.25) is 5.02 Å². The van der Waals surface area contributed by atoms with E-state index in [1.807, 2.05) is 4.90 Å². The fourth-order valence-corrected chi connectivity index (χ4v) is 7.69. The Kier molecular flexibility index (Phi) is 7.79. The summed E-state index contributed by atoms with van der Waals surface area (Å²) in [6.07, 6.45) is 1.19. The molecule has 1 aromatic heterocycles. The lowest BCUT2D eigenvalue weighted by atomic mass is 9.95. The minimum atomic E-state index is -1.03. The summed E-state index contributed by atoms with van der Waals surface area (Å²) in [6, 6.07) is 10.6. The van der Waals surface area contributed by atoms with Gasteiger partial charge in [0.05, 0.1) is 16.1 Å². The Morgan fingerprint density at radius 2 is 1.91 bits per heavy atom. The maximum atomic E-state index is 16.1. The van der Waals surface area contributed by atoms with Gasteiger partial charge in [-0.2, -0.15) is 9.97 Å². The molecule has 3 fully saturated rings. The van der Waals surface area contributed by atoms with Gasteiger partial charge in [0.25, 0.3) is 5.91 Å². The molecule has 1 amide bonds. The maximum absolute atomic E-state index is 16.1. The highest BCUT2D eigenvalue weighted by atomic mass is 35.5. The number of carbonyl (C=O) groups excluding carboxylic acids is 1. The van der Waals surface area contributed by atoms with Crippen molar-refractivity contribution < 1.29 is 27.1 Å². The summed E-state index contributed by atoms with van der Waals surface area (Å²) in [6.45, 7) is 7.07. The van der Waals surface area contributed by atoms with Crippen LogP contribution in [0, 0.1) is 11.6 Å². The van der Waals surface area contributed by atoms with Gasteiger partial charge in [0.1, 0.15) is 30.2 Å². The number of alkyl halides is 1. The van der Waals surface area contributed by atoms with E-state index < -0.39 is 41.1 Å². The van der Waals surface area contributed by atoms with Crippen molar-refractivity contribution in [2.45, 2.75) is 43.9 Å². The highest BCUT2D eigenvalue weighted by molar-refractivity contribution is 6.37. The van der Waals surface area contributed by atoms with Crippen LogP contribution in [0.15, 0.2) is 54.9 Å². The van der Waals surface area contributed by atoms with Gasteiger partial charge in [-0.15, -0.1) is 0 Å². The first-order chi connectivity index (χ1) is 22.0. The van der Waals surface area contributed by atoms with Crippen LogP contribution in [-0.4, -0.2) is 82.8 Å². The van der Waals surface area contributed by atoms with Gasteiger partial charge in [-0.3, -0.25) is 9.69 Å². The lowest BCUT2D eigenvalue weighted by Crippen LogP contribution is -2.54. The highest BCUT2D eigenvalue weighted by Gasteiger charge is 2.49. The Morgan fingerprint density at radius 3 is 2.70 bits per heavy atom. The molecule has 3 atom stereocenters. The van der Waals surface area contributed by atoms with E-state index in [0.717, 1.165) is 19.4 Å². The van der Waals surface area contributed by atoms with Crippen LogP contribution in [0.25, 0.3) is 32.8 Å². The van der Waals surface area contributed by atoms with Crippen molar-refractivity contribution in [3.63, 3.8) is 0 Å². The summed E-state index contributed by atoms with van der Waals surface area (Å²) in [5.74, 6) is -2.62. The molecule has 3 aliphatic heterocycles. The predicted molar refractivity (Wildman–Crippen MR) is 170 cm³/mol. The molecule has 0 bridgehead atoms. The second kappa shape index (κ2) is 11.7. The molecule has 3 aromatic carbocycles. The van der Waals surface area contributed by atoms with Gasteiger partial charge in [0, 0.05) is 55.0 Å². The van der Waals surface area contributed by atoms with Gasteiger partial charge >= 0.3 is 6.01 Å². The number of fused-ring (bicyclic) bond motifs is 3. The molecule has 4 aromatic rings. The molecule has 0 N–H and O–H groups in total. The first-order valence-electron chi connectivity index (χ1n) is 15.4. The Bertz CT molecular complexity index is 1890. The first kappa shape index (κ1) is 30.7. The standard InChI is InChI=1S/C34H32ClF4N5O2/c1-19-16-42(11-12-44(19)32(45)20(2)36)31-25-13-27(39)24(23-6-3-5-21-7-8-26(38)30(35)29(21)23)14-28(25)40-33(41-31)46-18-34-9-4-10-43(34)17-22(37)15-34/h3,5-8,13-14,19,22H,2,4,9-12,15-18H2,1H3/t19?,22-,34+/m1/s1. The summed E-state index contributed by atoms with van der Waals surface area (Å²) >= 11 is 6.39. The normalized spacial score (nSPS) is 23.3. The zero-order valence-electron chi connectivity index (χ0n) is 25.2. The van der Waals surface area contributed by atoms with Crippen LogP contribution in [0.4, 0.5) is 23.4 Å². The van der Waals surface area contributed by atoms with Gasteiger partial charge in [0.15, 0.2) is 5.83 Å². The summed E-state index contributed by atoms with van der Waals surface area (Å²) in [5.41, 5.74) is 0.504. The Hall–Kier alpha value is -3.96. The van der Waals surface area contributed by atoms with E-state index in [1.165, 1.54) is 17.0 Å². The van der Waals surface area contributed by atoms with E-state index in [1.54, 1.807) is 37.3 Å². The largest absolute Gasteiger partial charge is 0.461 e. The molecule has 240 valence electrons. The van der Waals surface area contributed by atoms with Crippen LogP contribution in [0.3, 0.4) is 0 Å². The second-order valence-corrected chi connectivity index (χ2v) is 12.9. The quantitative estimate of drug-likeness (QED) is 0.168. The fraction of sp³-hybridized carbons (Fsp3) is 0.382. The Morgan fingerprint density at radius 1 is 1.09 bits per heavy atom. The molecule has 3 aliphatic rings. The van der Waals surface area contributed by atoms with Crippen molar-refractivity contribution in [2.75, 3.05) is 44.2 Å². The van der Waals surface area contributed by atoms with Crippen molar-refractivity contribution in [2.24, 2.45) is 0 Å². The number of rotatable bonds is 6. The number of hydrogen-bond donors (Lipinski definition) is 0. The van der Waals surface area contributed by atoms with Crippen molar-refractivity contribution in [3.8, 4) is 17.1 Å². The molecule has 0 radical (unpaired) electrons. The third-order valence-corrected chi connectivity index (χ3v) is 9.99. The zero-order chi connectivity index (χ0) is 32.3. The molecule has 7 rings (SSSR count). The monoisotopic (exact) mass is 653 g/mol. The van der Waals surface area contributed by atoms with Gasteiger partial charge in [-0.1, -0.05) is 42.4 Å². The molecule has 12 heteroatoms. The second-order valence-electron chi connectivity index (χ2n) is 12.5. The van der Waals surface area contributed by atoms with Crippen LogP contribution >= 0.6 is 11.6 Å². The lowest BCUT2D eigenvalue weighted by molar-refractivity contribution is -0.131. The molecule has 4 heterocycles. The van der Waals surface area contributed by atoms with E-state index in [4.69, 9.17) is 21.3 Å². The number of anilines is 1. The van der Waals surface area contributed by atoms with Crippen molar-refractivity contribution in [3.05, 3.63) is 71.5 Å². The molecule has 3 saturated heterocycles. The van der Waals surface area contributed by atoms with Gasteiger partial charge in [-0.25, -0.2) is 17.6 Å². The summed E-state index contributed by atoms with van der Waals surface area (Å²) < 4.78 is 65.0. The van der Waals surface area contributed by atoms with E-state index in [0.29, 0.717) is 46.0 Å². The number of piperazine rings is 1. The smallest absolute Gasteiger partial charge is 0.319 e. The number of benzene rings is 3. The van der Waals surface area contributed by atoms with E-state index >= 15 is 4.39 Å². The van der Waals surface area contributed by atoms with Crippen LogP contribution in [0.1, 0.15) is 26.2 Å². The third-order valence-electron chi connectivity index (χ3n) is 9.62. The zero-order valence-corrected chi connectivity index (χ0v) is 26.0. The summed E-state index contributed by atoms with van der Waals surface area (Å²) in [5, 5.41) is 1.31. The number of ether oxygens (including phenoxy) is 1. The minimum Gasteiger partial charge on any atom is -0.461 e. The van der Waals surface area contributed by atoms with Crippen LogP contribution in [0.5, 0.6) is 6.01 Å². The topological polar surface area (TPSA) is 61.8 Å². The predicted octanol–water partition coefficient (Wildman–Crippen LogP) is 6.86. The van der Waals surface area contributed by atoms with Crippen molar-refractivity contribution in [1.29, 1.82) is 0 Å². The summed E-state index contributed by atoms with van der Waals surface area (Å²) in [7, 11) is 0. The number of hydrogen-bond acceptors (Lipinski definition) is 6. The maximum Gasteiger partial charge on any atom is 0.319 e. The summed E-state index contributed by atoms with van der Waals surface area (Å²) in [4.78, 5) is 27.2. The lowest BCUT2D eigenvalue weighted by Gasteiger charge is -2.40. The molecule has 46 heavy (non-hydrogen) atoms. The Balaban J connectivity index is 1.32. The molecule has 7 nitrogen and oxygen atoms in total. The van der Waals surface area contributed by atoms with Crippen LogP contribution < -0.4 is 9.64 Å². The number of halogens is 5. The first-order valence-corrected chi connectivity index (χ1v) is 15.7. The van der Waals surface area contributed by atoms with Gasteiger partial charge in [0.2, 0.25) is 0 Å². The van der Waals surface area contributed by atoms with Gasteiger partial charge in [-0.05, 0) is 55.5 Å². The molecular formula is C34H32ClF4N5O2.